The predicted octanol–water partition coefficient (Wildman–Crippen LogP) is 3.64. The Morgan fingerprint density at radius 1 is 1.15 bits per heavy atom. The lowest BCUT2D eigenvalue weighted by molar-refractivity contribution is 0.294. The summed E-state index contributed by atoms with van der Waals surface area (Å²) >= 11 is 5.69. The Hall–Kier alpha value is 1.11. The van der Waals surface area contributed by atoms with Crippen LogP contribution >= 0.6 is 35.0 Å². The molecule has 0 amide bonds. The van der Waals surface area contributed by atoms with Gasteiger partial charge in [-0.25, -0.2) is 23.2 Å². The van der Waals surface area contributed by atoms with E-state index < -0.39 is 0 Å². The van der Waals surface area contributed by atoms with Gasteiger partial charge in [0.2, 0.25) is 0 Å². The minimum absolute atomic E-state index is 0.508. The van der Waals surface area contributed by atoms with E-state index in [1.165, 1.54) is 11.5 Å². The van der Waals surface area contributed by atoms with Gasteiger partial charge in [0.15, 0.2) is 0 Å². The SMILES string of the molecule is CC(C)(C)C1CS[B]SC1.CSC. The van der Waals surface area contributed by atoms with E-state index in [2.05, 4.69) is 26.6 Å². The minimum atomic E-state index is 0.508. The van der Waals surface area contributed by atoms with Crippen LogP contribution in [0.5, 0.6) is 0 Å². The molecule has 0 N–H and O–H groups in total. The molecule has 4 heteroatoms. The topological polar surface area (TPSA) is 0 Å². The van der Waals surface area contributed by atoms with Crippen LogP contribution in [0.4, 0.5) is 0 Å². The van der Waals surface area contributed by atoms with Crippen molar-refractivity contribution in [3.8, 4) is 0 Å². The normalized spacial score (nSPS) is 18.5. The zero-order valence-corrected chi connectivity index (χ0v) is 11.7. The molecule has 0 aromatic heterocycles. The molecule has 0 unspecified atom stereocenters. The van der Waals surface area contributed by atoms with Crippen molar-refractivity contribution in [2.24, 2.45) is 11.3 Å². The van der Waals surface area contributed by atoms with Crippen molar-refractivity contribution in [3.63, 3.8) is 0 Å². The zero-order valence-electron chi connectivity index (χ0n) is 9.29. The van der Waals surface area contributed by atoms with Crippen LogP contribution in [-0.2, 0) is 0 Å². The quantitative estimate of drug-likeness (QED) is 0.588. The second-order valence-corrected chi connectivity index (χ2v) is 7.15. The second kappa shape index (κ2) is 7.41. The Kier molecular flexibility index (Phi) is 8.05. The third-order valence-electron chi connectivity index (χ3n) is 1.96. The molecule has 0 aromatic carbocycles. The first-order valence-corrected chi connectivity index (χ1v) is 8.20. The van der Waals surface area contributed by atoms with Gasteiger partial charge < -0.3 is 0 Å². The third kappa shape index (κ3) is 7.09. The van der Waals surface area contributed by atoms with E-state index >= 15 is 0 Å². The molecule has 1 radical (unpaired) electrons. The highest BCUT2D eigenvalue weighted by atomic mass is 32.2. The molecule has 1 saturated heterocycles. The molecule has 1 aliphatic heterocycles. The van der Waals surface area contributed by atoms with Crippen molar-refractivity contribution in [2.45, 2.75) is 20.8 Å². The van der Waals surface area contributed by atoms with Crippen LogP contribution < -0.4 is 0 Å². The molecule has 0 spiro atoms. The average Bonchev–Trinajstić information content (AvgIpc) is 2.06. The monoisotopic (exact) mass is 235 g/mol. The Morgan fingerprint density at radius 2 is 1.54 bits per heavy atom. The fraction of sp³-hybridized carbons (Fsp3) is 1.00. The molecule has 0 saturated carbocycles. The second-order valence-electron chi connectivity index (χ2n) is 4.23. The summed E-state index contributed by atoms with van der Waals surface area (Å²) in [4.78, 5) is 0. The summed E-state index contributed by atoms with van der Waals surface area (Å²) in [5.74, 6) is 5.79. The summed E-state index contributed by atoms with van der Waals surface area (Å²) < 4.78 is 0. The summed E-state index contributed by atoms with van der Waals surface area (Å²) in [6.07, 6.45) is 4.08. The number of hydrogen-bond acceptors (Lipinski definition) is 3. The lowest BCUT2D eigenvalue weighted by Gasteiger charge is -2.32. The van der Waals surface area contributed by atoms with Crippen molar-refractivity contribution in [2.75, 3.05) is 24.0 Å². The van der Waals surface area contributed by atoms with Gasteiger partial charge in [0.05, 0.1) is 0 Å². The van der Waals surface area contributed by atoms with E-state index in [1.807, 2.05) is 35.7 Å². The largest absolute Gasteiger partial charge is 0.267 e. The Morgan fingerprint density at radius 3 is 1.77 bits per heavy atom. The standard InChI is InChI=1S/C7H14BS2.C2H6S/c1-7(2,3)6-4-9-8-10-5-6;1-3-2/h6H,4-5H2,1-3H3;1-2H3. The molecule has 1 heterocycles. The summed E-state index contributed by atoms with van der Waals surface area (Å²) in [6.45, 7) is 7.01. The van der Waals surface area contributed by atoms with Crippen molar-refractivity contribution < 1.29 is 0 Å². The Balaban J connectivity index is 0.000000424. The molecule has 1 rings (SSSR count). The molecule has 0 aliphatic carbocycles. The van der Waals surface area contributed by atoms with Crippen molar-refractivity contribution >= 4 is 40.8 Å². The summed E-state index contributed by atoms with van der Waals surface area (Å²) in [6, 6.07) is 0. The highest BCUT2D eigenvalue weighted by Gasteiger charge is 2.26. The number of thioether (sulfide) groups is 1. The molecule has 13 heavy (non-hydrogen) atoms. The Labute approximate surface area is 96.8 Å². The highest BCUT2D eigenvalue weighted by molar-refractivity contribution is 8.50. The average molecular weight is 235 g/mol. The fourth-order valence-corrected chi connectivity index (χ4v) is 3.77. The van der Waals surface area contributed by atoms with Gasteiger partial charge in [0, 0.05) is 0 Å². The van der Waals surface area contributed by atoms with Gasteiger partial charge in [0.1, 0.15) is 0 Å². The first kappa shape index (κ1) is 14.1. The minimum Gasteiger partial charge on any atom is -0.202 e. The number of hydrogen-bond donors (Lipinski definition) is 0. The van der Waals surface area contributed by atoms with Crippen molar-refractivity contribution in [1.82, 2.24) is 0 Å². The Bertz CT molecular complexity index is 117. The maximum Gasteiger partial charge on any atom is 0.267 e. The lowest BCUT2D eigenvalue weighted by atomic mass is 9.83. The van der Waals surface area contributed by atoms with Crippen LogP contribution in [0.1, 0.15) is 20.8 Å². The van der Waals surface area contributed by atoms with E-state index in [9.17, 15) is 0 Å². The molecular weight excluding hydrogens is 215 g/mol. The summed E-state index contributed by atoms with van der Waals surface area (Å²) in [5, 5.41) is 0. The highest BCUT2D eigenvalue weighted by Crippen LogP contribution is 2.35. The number of rotatable bonds is 0. The van der Waals surface area contributed by atoms with Crippen molar-refractivity contribution in [1.29, 1.82) is 0 Å². The maximum atomic E-state index is 2.34. The van der Waals surface area contributed by atoms with E-state index in [0.29, 0.717) is 5.41 Å². The molecule has 0 nitrogen and oxygen atoms in total. The van der Waals surface area contributed by atoms with Gasteiger partial charge in [-0.15, -0.1) is 0 Å². The summed E-state index contributed by atoms with van der Waals surface area (Å²) in [5.41, 5.74) is 0.508. The van der Waals surface area contributed by atoms with Gasteiger partial charge in [-0.2, -0.15) is 11.8 Å². The molecule has 0 atom stereocenters. The molecular formula is C9H20BS3. The van der Waals surface area contributed by atoms with Crippen LogP contribution in [0, 0.1) is 11.3 Å². The molecule has 1 aliphatic rings. The van der Waals surface area contributed by atoms with E-state index in [-0.39, 0.29) is 0 Å². The first-order valence-electron chi connectivity index (χ1n) is 4.47. The smallest absolute Gasteiger partial charge is 0.202 e. The summed E-state index contributed by atoms with van der Waals surface area (Å²) in [7, 11) is 0. The molecule has 77 valence electrons. The van der Waals surface area contributed by atoms with E-state index in [0.717, 1.165) is 5.92 Å². The fourth-order valence-electron chi connectivity index (χ4n) is 0.907. The van der Waals surface area contributed by atoms with Gasteiger partial charge in [-0.3, -0.25) is 0 Å². The molecule has 0 aromatic rings. The van der Waals surface area contributed by atoms with Gasteiger partial charge in [-0.1, -0.05) is 20.8 Å². The molecule has 1 fully saturated rings. The van der Waals surface area contributed by atoms with Crippen LogP contribution in [0.15, 0.2) is 0 Å². The zero-order chi connectivity index (χ0) is 10.3. The predicted molar refractivity (Wildman–Crippen MR) is 73.1 cm³/mol. The van der Waals surface area contributed by atoms with E-state index in [4.69, 9.17) is 0 Å². The molecule has 0 bridgehead atoms. The van der Waals surface area contributed by atoms with Gasteiger partial charge in [0.25, 0.3) is 5.84 Å². The van der Waals surface area contributed by atoms with Gasteiger partial charge >= 0.3 is 0 Å². The van der Waals surface area contributed by atoms with Crippen LogP contribution in [0.3, 0.4) is 0 Å². The van der Waals surface area contributed by atoms with Crippen molar-refractivity contribution in [3.05, 3.63) is 0 Å². The van der Waals surface area contributed by atoms with Crippen LogP contribution in [-0.4, -0.2) is 29.9 Å². The van der Waals surface area contributed by atoms with Gasteiger partial charge in [-0.05, 0) is 35.4 Å². The third-order valence-corrected chi connectivity index (χ3v) is 4.23. The van der Waals surface area contributed by atoms with Crippen LogP contribution in [0.25, 0.3) is 0 Å². The van der Waals surface area contributed by atoms with Crippen LogP contribution in [0.2, 0.25) is 0 Å². The van der Waals surface area contributed by atoms with E-state index in [1.54, 1.807) is 11.8 Å². The first-order chi connectivity index (χ1) is 6.02. The maximum absolute atomic E-state index is 2.34. The lowest BCUT2D eigenvalue weighted by Crippen LogP contribution is -2.27.